The van der Waals surface area contributed by atoms with Gasteiger partial charge in [0.1, 0.15) is 22.7 Å². The first kappa shape index (κ1) is 24.1. The zero-order chi connectivity index (χ0) is 24.3. The molecule has 0 aliphatic carbocycles. The molecule has 0 atom stereocenters. The summed E-state index contributed by atoms with van der Waals surface area (Å²) < 4.78 is 49.0. The van der Waals surface area contributed by atoms with Gasteiger partial charge in [-0.05, 0) is 62.6 Å². The molecule has 0 unspecified atom stereocenters. The van der Waals surface area contributed by atoms with E-state index in [0.717, 1.165) is 38.0 Å². The Hall–Kier alpha value is -3.02. The number of hydrogen-bond donors (Lipinski definition) is 3. The average molecular weight is 491 g/mol. The summed E-state index contributed by atoms with van der Waals surface area (Å²) in [5.41, 5.74) is 8.61. The van der Waals surface area contributed by atoms with E-state index in [2.05, 4.69) is 15.2 Å². The lowest BCUT2D eigenvalue weighted by molar-refractivity contribution is 0.209. The van der Waals surface area contributed by atoms with Crippen LogP contribution in [0.5, 0.6) is 11.5 Å². The van der Waals surface area contributed by atoms with Gasteiger partial charge in [0.15, 0.2) is 5.58 Å². The lowest BCUT2D eigenvalue weighted by atomic mass is 10.0. The van der Waals surface area contributed by atoms with Gasteiger partial charge >= 0.3 is 0 Å². The maximum absolute atomic E-state index is 11.3. The number of nitrogens with one attached hydrogen (secondary N) is 1. The molecule has 2 heterocycles. The average Bonchev–Trinajstić information content (AvgIpc) is 3.19. The van der Waals surface area contributed by atoms with Crippen LogP contribution in [0.25, 0.3) is 11.1 Å². The Labute approximate surface area is 198 Å². The molecule has 34 heavy (non-hydrogen) atoms. The number of likely N-dealkylation sites (tertiary alicyclic amines) is 1. The highest BCUT2D eigenvalue weighted by molar-refractivity contribution is 7.85. The summed E-state index contributed by atoms with van der Waals surface area (Å²) in [5.74, 6) is 1.29. The molecule has 4 N–H and O–H groups in total. The van der Waals surface area contributed by atoms with Crippen molar-refractivity contribution in [3.8, 4) is 11.5 Å². The number of rotatable bonds is 9. The zero-order valence-electron chi connectivity index (χ0n) is 19.3. The lowest BCUT2D eigenvalue weighted by Crippen LogP contribution is -2.38. The van der Waals surface area contributed by atoms with Gasteiger partial charge in [0.05, 0.1) is 18.1 Å². The fraction of sp³-hybridized carbons (Fsp3) is 0.435. The second kappa shape index (κ2) is 10.1. The Kier molecular flexibility index (Phi) is 7.15. The summed E-state index contributed by atoms with van der Waals surface area (Å²) in [4.78, 5) is 6.47. The van der Waals surface area contributed by atoms with E-state index in [1.54, 1.807) is 0 Å². The van der Waals surface area contributed by atoms with Crippen molar-refractivity contribution in [2.45, 2.75) is 44.2 Å². The summed E-state index contributed by atoms with van der Waals surface area (Å²) in [7, 11) is -4.29. The first-order valence-corrected chi connectivity index (χ1v) is 12.8. The van der Waals surface area contributed by atoms with Crippen molar-refractivity contribution in [3.05, 3.63) is 35.9 Å². The Bertz CT molecular complexity index is 1220. The third-order valence-corrected chi connectivity index (χ3v) is 6.59. The van der Waals surface area contributed by atoms with Gasteiger partial charge in [0.2, 0.25) is 0 Å². The number of aromatic nitrogens is 1. The third kappa shape index (κ3) is 5.54. The smallest absolute Gasteiger partial charge is 0.295 e. The van der Waals surface area contributed by atoms with E-state index in [4.69, 9.17) is 19.6 Å². The van der Waals surface area contributed by atoms with Crippen LogP contribution in [0.1, 0.15) is 32.3 Å². The van der Waals surface area contributed by atoms with E-state index in [-0.39, 0.29) is 10.9 Å². The molecule has 1 saturated heterocycles. The van der Waals surface area contributed by atoms with Gasteiger partial charge in [0.25, 0.3) is 16.1 Å². The van der Waals surface area contributed by atoms with Crippen molar-refractivity contribution in [1.29, 1.82) is 0 Å². The minimum absolute atomic E-state index is 0.176. The van der Waals surface area contributed by atoms with Crippen LogP contribution >= 0.6 is 0 Å². The minimum atomic E-state index is -4.29. The van der Waals surface area contributed by atoms with Crippen molar-refractivity contribution < 1.29 is 26.9 Å². The minimum Gasteiger partial charge on any atom is -0.492 e. The molecule has 1 aliphatic heterocycles. The highest BCUT2D eigenvalue weighted by atomic mass is 32.2. The van der Waals surface area contributed by atoms with Crippen LogP contribution in [0, 0.1) is 0 Å². The first-order chi connectivity index (χ1) is 16.3. The van der Waals surface area contributed by atoms with Gasteiger partial charge in [-0.3, -0.25) is 9.45 Å². The summed E-state index contributed by atoms with van der Waals surface area (Å²) >= 11 is 0. The number of hydrogen-bond acceptors (Lipinski definition) is 9. The molecule has 11 heteroatoms. The molecule has 10 nitrogen and oxygen atoms in total. The second-order valence-electron chi connectivity index (χ2n) is 8.19. The van der Waals surface area contributed by atoms with E-state index in [1.165, 1.54) is 18.2 Å². The lowest BCUT2D eigenvalue weighted by Gasteiger charge is -2.32. The first-order valence-electron chi connectivity index (χ1n) is 11.3. The highest BCUT2D eigenvalue weighted by Gasteiger charge is 2.22. The topological polar surface area (TPSA) is 140 Å². The quantitative estimate of drug-likeness (QED) is 0.301. The number of piperidine rings is 1. The van der Waals surface area contributed by atoms with Crippen LogP contribution < -0.4 is 20.5 Å². The van der Waals surface area contributed by atoms with Crippen molar-refractivity contribution in [2.75, 3.05) is 37.4 Å². The van der Waals surface area contributed by atoms with Gasteiger partial charge in [-0.1, -0.05) is 0 Å². The molecule has 1 aliphatic rings. The van der Waals surface area contributed by atoms with Gasteiger partial charge in [-0.2, -0.15) is 13.4 Å². The van der Waals surface area contributed by atoms with E-state index in [0.29, 0.717) is 47.5 Å². The molecule has 0 amide bonds. The molecular formula is C23H30N4O6S. The summed E-state index contributed by atoms with van der Waals surface area (Å²) in [6.45, 7) is 7.43. The number of nitrogen functional groups attached to an aromatic ring is 1. The molecule has 1 aromatic heterocycles. The fourth-order valence-electron chi connectivity index (χ4n) is 4.09. The van der Waals surface area contributed by atoms with Crippen LogP contribution in [0.4, 0.5) is 11.7 Å². The molecule has 0 radical (unpaired) electrons. The normalized spacial score (nSPS) is 15.5. The Balaban J connectivity index is 1.37. The van der Waals surface area contributed by atoms with Crippen LogP contribution in [0.2, 0.25) is 0 Å². The van der Waals surface area contributed by atoms with Crippen molar-refractivity contribution >= 4 is 32.9 Å². The molecule has 4 rings (SSSR count). The van der Waals surface area contributed by atoms with Gasteiger partial charge < -0.3 is 24.9 Å². The summed E-state index contributed by atoms with van der Waals surface area (Å²) in [6.07, 6.45) is 1.78. The van der Waals surface area contributed by atoms with Crippen molar-refractivity contribution in [2.24, 2.45) is 0 Å². The van der Waals surface area contributed by atoms with E-state index < -0.39 is 10.1 Å². The summed E-state index contributed by atoms with van der Waals surface area (Å²) in [5, 5.41) is 3.30. The monoisotopic (exact) mass is 490 g/mol. The van der Waals surface area contributed by atoms with E-state index >= 15 is 0 Å². The Morgan fingerprint density at radius 2 is 1.79 bits per heavy atom. The van der Waals surface area contributed by atoms with E-state index in [1.807, 2.05) is 26.0 Å². The van der Waals surface area contributed by atoms with Gasteiger partial charge in [-0.25, -0.2) is 0 Å². The number of ether oxygens (including phenoxy) is 2. The van der Waals surface area contributed by atoms with Gasteiger partial charge in [-0.15, -0.1) is 0 Å². The predicted molar refractivity (Wildman–Crippen MR) is 129 cm³/mol. The fourth-order valence-corrected chi connectivity index (χ4v) is 4.59. The zero-order valence-corrected chi connectivity index (χ0v) is 20.1. The molecule has 1 fully saturated rings. The Morgan fingerprint density at radius 1 is 1.15 bits per heavy atom. The van der Waals surface area contributed by atoms with Crippen molar-refractivity contribution in [3.63, 3.8) is 0 Å². The molecule has 3 aromatic rings. The molecule has 184 valence electrons. The number of nitrogens with zero attached hydrogens (tertiary/aromatic N) is 2. The third-order valence-electron chi connectivity index (χ3n) is 5.74. The van der Waals surface area contributed by atoms with Crippen LogP contribution in [-0.2, 0) is 16.7 Å². The molecular weight excluding hydrogens is 460 g/mol. The Morgan fingerprint density at radius 3 is 2.38 bits per heavy atom. The maximum atomic E-state index is 11.3. The van der Waals surface area contributed by atoms with Crippen LogP contribution in [0.3, 0.4) is 0 Å². The second-order valence-corrected chi connectivity index (χ2v) is 9.61. The summed E-state index contributed by atoms with van der Waals surface area (Å²) in [6, 6.07) is 8.53. The molecule has 0 saturated carbocycles. The number of nitrogens with two attached hydrogens (primary N) is 1. The predicted octanol–water partition coefficient (Wildman–Crippen LogP) is 3.53. The van der Waals surface area contributed by atoms with Gasteiger partial charge in [0, 0.05) is 25.7 Å². The molecule has 2 aromatic carbocycles. The standard InChI is InChI=1S/C23H30N4O6S/c1-3-31-20-11-15(12-21(22(20)24)32-4-2)14-27-9-7-16(8-10-27)25-23-26-18-13-17(34(28,29)30)5-6-19(18)33-23/h5-6,11-13,16H,3-4,7-10,14,24H2,1-2H3,(H,25,26)(H,28,29,30). The maximum Gasteiger partial charge on any atom is 0.295 e. The highest BCUT2D eigenvalue weighted by Crippen LogP contribution is 2.34. The molecule has 0 bridgehead atoms. The largest absolute Gasteiger partial charge is 0.492 e. The number of fused-ring (bicyclic) bond motifs is 1. The number of anilines is 2. The SMILES string of the molecule is CCOc1cc(CN2CCC(Nc3nc4cc(S(=O)(=O)O)ccc4o3)CC2)cc(OCC)c1N. The van der Waals surface area contributed by atoms with Crippen molar-refractivity contribution in [1.82, 2.24) is 9.88 Å². The van der Waals surface area contributed by atoms with E-state index in [9.17, 15) is 13.0 Å². The number of benzene rings is 2. The molecule has 0 spiro atoms. The van der Waals surface area contributed by atoms with Crippen LogP contribution in [-0.4, -0.2) is 55.2 Å². The van der Waals surface area contributed by atoms with Crippen LogP contribution in [0.15, 0.2) is 39.6 Å². The number of oxazole rings is 1.